The second-order valence-corrected chi connectivity index (χ2v) is 8.74. The summed E-state index contributed by atoms with van der Waals surface area (Å²) in [5, 5.41) is 7.78. The molecule has 1 aliphatic heterocycles. The molecule has 0 spiro atoms. The van der Waals surface area contributed by atoms with E-state index in [1.807, 2.05) is 18.0 Å². The molecular weight excluding hydrogens is 431 g/mol. The van der Waals surface area contributed by atoms with Gasteiger partial charge in [-0.3, -0.25) is 10.2 Å². The van der Waals surface area contributed by atoms with Gasteiger partial charge in [-0.1, -0.05) is 66.4 Å². The molecular formula is C24H26Cl2N4O. The molecule has 3 aromatic rings. The molecule has 1 fully saturated rings. The van der Waals surface area contributed by atoms with Crippen molar-refractivity contribution >= 4 is 29.1 Å². The third-order valence-electron chi connectivity index (χ3n) is 5.63. The van der Waals surface area contributed by atoms with Crippen molar-refractivity contribution in [3.8, 4) is 16.9 Å². The third-order valence-corrected chi connectivity index (χ3v) is 6.17. The van der Waals surface area contributed by atoms with E-state index in [-0.39, 0.29) is 5.91 Å². The van der Waals surface area contributed by atoms with Gasteiger partial charge in [0.25, 0.3) is 5.91 Å². The van der Waals surface area contributed by atoms with Crippen molar-refractivity contribution in [1.82, 2.24) is 20.2 Å². The molecule has 0 bridgehead atoms. The van der Waals surface area contributed by atoms with Gasteiger partial charge in [0.1, 0.15) is 0 Å². The molecule has 31 heavy (non-hydrogen) atoms. The number of benzene rings is 2. The van der Waals surface area contributed by atoms with E-state index in [0.717, 1.165) is 42.8 Å². The first-order valence-electron chi connectivity index (χ1n) is 10.7. The van der Waals surface area contributed by atoms with Gasteiger partial charge >= 0.3 is 0 Å². The fourth-order valence-corrected chi connectivity index (χ4v) is 4.49. The summed E-state index contributed by atoms with van der Waals surface area (Å²) in [7, 11) is 0. The van der Waals surface area contributed by atoms with Crippen LogP contribution in [-0.2, 0) is 6.42 Å². The van der Waals surface area contributed by atoms with Gasteiger partial charge in [0, 0.05) is 29.2 Å². The number of carbonyl (C=O) groups excluding carboxylic acids is 1. The number of hydrazine groups is 1. The SMILES string of the molecule is CCc1c(C(=O)NN2CCCCC2)nn(-c2ccc(Cl)cc2Cl)c1-c1ccc(C)cc1. The number of halogens is 2. The van der Waals surface area contributed by atoms with E-state index in [1.165, 1.54) is 12.0 Å². The second-order valence-electron chi connectivity index (χ2n) is 7.89. The second kappa shape index (κ2) is 9.43. The molecule has 0 saturated carbocycles. The summed E-state index contributed by atoms with van der Waals surface area (Å²) in [5.41, 5.74) is 8.08. The molecule has 2 aromatic carbocycles. The lowest BCUT2D eigenvalue weighted by Gasteiger charge is -2.26. The Morgan fingerprint density at radius 3 is 2.42 bits per heavy atom. The predicted molar refractivity (Wildman–Crippen MR) is 126 cm³/mol. The molecule has 2 heterocycles. The van der Waals surface area contributed by atoms with Crippen molar-refractivity contribution in [2.45, 2.75) is 39.5 Å². The van der Waals surface area contributed by atoms with Crippen molar-refractivity contribution < 1.29 is 4.79 Å². The van der Waals surface area contributed by atoms with Crippen LogP contribution in [0.3, 0.4) is 0 Å². The van der Waals surface area contributed by atoms with Crippen molar-refractivity contribution in [1.29, 1.82) is 0 Å². The van der Waals surface area contributed by atoms with Gasteiger partial charge in [-0.15, -0.1) is 0 Å². The minimum atomic E-state index is -0.184. The molecule has 0 atom stereocenters. The van der Waals surface area contributed by atoms with E-state index in [9.17, 15) is 4.79 Å². The van der Waals surface area contributed by atoms with Gasteiger partial charge in [-0.2, -0.15) is 5.10 Å². The molecule has 0 unspecified atom stereocenters. The Kier molecular flexibility index (Phi) is 6.65. The first-order valence-corrected chi connectivity index (χ1v) is 11.4. The molecule has 0 radical (unpaired) electrons. The summed E-state index contributed by atoms with van der Waals surface area (Å²) in [6, 6.07) is 13.5. The minimum absolute atomic E-state index is 0.184. The van der Waals surface area contributed by atoms with Crippen molar-refractivity contribution in [3.63, 3.8) is 0 Å². The van der Waals surface area contributed by atoms with Crippen LogP contribution in [0.5, 0.6) is 0 Å². The van der Waals surface area contributed by atoms with Gasteiger partial charge in [-0.25, -0.2) is 9.69 Å². The number of hydrogen-bond acceptors (Lipinski definition) is 3. The van der Waals surface area contributed by atoms with E-state index in [0.29, 0.717) is 27.8 Å². The van der Waals surface area contributed by atoms with Gasteiger partial charge in [-0.05, 0) is 44.4 Å². The van der Waals surface area contributed by atoms with Crippen LogP contribution >= 0.6 is 23.2 Å². The fraction of sp³-hybridized carbons (Fsp3) is 0.333. The molecule has 162 valence electrons. The number of aryl methyl sites for hydroxylation is 1. The monoisotopic (exact) mass is 456 g/mol. The average Bonchev–Trinajstić information content (AvgIpc) is 3.14. The summed E-state index contributed by atoms with van der Waals surface area (Å²) >= 11 is 12.7. The number of nitrogens with one attached hydrogen (secondary N) is 1. The van der Waals surface area contributed by atoms with Gasteiger partial charge < -0.3 is 0 Å². The van der Waals surface area contributed by atoms with Gasteiger partial charge in [0.2, 0.25) is 0 Å². The lowest BCUT2D eigenvalue weighted by molar-refractivity contribution is 0.0743. The predicted octanol–water partition coefficient (Wildman–Crippen LogP) is 5.85. The average molecular weight is 457 g/mol. The van der Waals surface area contributed by atoms with Crippen LogP contribution in [0.15, 0.2) is 42.5 Å². The number of rotatable bonds is 5. The van der Waals surface area contributed by atoms with Crippen molar-refractivity contribution in [2.75, 3.05) is 13.1 Å². The fourth-order valence-electron chi connectivity index (χ4n) is 4.01. The smallest absolute Gasteiger partial charge is 0.283 e. The van der Waals surface area contributed by atoms with Gasteiger partial charge in [0.05, 0.1) is 16.4 Å². The van der Waals surface area contributed by atoms with Crippen LogP contribution in [-0.4, -0.2) is 33.8 Å². The lowest BCUT2D eigenvalue weighted by atomic mass is 10.0. The Bertz CT molecular complexity index is 1090. The number of carbonyl (C=O) groups is 1. The zero-order valence-corrected chi connectivity index (χ0v) is 19.3. The number of piperidine rings is 1. The maximum Gasteiger partial charge on any atom is 0.286 e. The standard InChI is InChI=1S/C24H26Cl2N4O/c1-3-19-22(24(31)28-29-13-5-4-6-14-29)27-30(21-12-11-18(25)15-20(21)26)23(19)17-9-7-16(2)8-10-17/h7-12,15H,3-6,13-14H2,1-2H3,(H,28,31). The maximum absolute atomic E-state index is 13.2. The van der Waals surface area contributed by atoms with Crippen LogP contribution in [0, 0.1) is 6.92 Å². The van der Waals surface area contributed by atoms with Crippen LogP contribution in [0.1, 0.15) is 47.8 Å². The molecule has 1 aliphatic rings. The van der Waals surface area contributed by atoms with E-state index < -0.39 is 0 Å². The summed E-state index contributed by atoms with van der Waals surface area (Å²) < 4.78 is 1.77. The normalized spacial score (nSPS) is 14.6. The third kappa shape index (κ3) is 4.64. The first-order chi connectivity index (χ1) is 15.0. The largest absolute Gasteiger partial charge is 0.286 e. The van der Waals surface area contributed by atoms with E-state index in [1.54, 1.807) is 16.8 Å². The topological polar surface area (TPSA) is 50.2 Å². The summed E-state index contributed by atoms with van der Waals surface area (Å²) in [4.78, 5) is 13.2. The van der Waals surface area contributed by atoms with Crippen molar-refractivity contribution in [2.24, 2.45) is 0 Å². The molecule has 1 saturated heterocycles. The highest BCUT2D eigenvalue weighted by Crippen LogP contribution is 2.33. The van der Waals surface area contributed by atoms with Gasteiger partial charge in [0.15, 0.2) is 5.69 Å². The van der Waals surface area contributed by atoms with E-state index >= 15 is 0 Å². The first kappa shape index (κ1) is 21.9. The van der Waals surface area contributed by atoms with Crippen LogP contribution in [0.25, 0.3) is 16.9 Å². The molecule has 4 rings (SSSR count). The van der Waals surface area contributed by atoms with Crippen LogP contribution in [0.4, 0.5) is 0 Å². The number of nitrogens with zero attached hydrogens (tertiary/aromatic N) is 3. The summed E-state index contributed by atoms with van der Waals surface area (Å²) in [6.45, 7) is 5.82. The minimum Gasteiger partial charge on any atom is -0.283 e. The molecule has 0 aliphatic carbocycles. The number of aromatic nitrogens is 2. The Morgan fingerprint density at radius 1 is 1.06 bits per heavy atom. The molecule has 7 heteroatoms. The Balaban J connectivity index is 1.84. The highest BCUT2D eigenvalue weighted by atomic mass is 35.5. The molecule has 1 aromatic heterocycles. The molecule has 5 nitrogen and oxygen atoms in total. The number of hydrogen-bond donors (Lipinski definition) is 1. The van der Waals surface area contributed by atoms with Crippen LogP contribution < -0.4 is 5.43 Å². The Hall–Kier alpha value is -2.34. The maximum atomic E-state index is 13.2. The zero-order chi connectivity index (χ0) is 22.0. The quantitative estimate of drug-likeness (QED) is 0.523. The highest BCUT2D eigenvalue weighted by Gasteiger charge is 2.26. The summed E-state index contributed by atoms with van der Waals surface area (Å²) in [6.07, 6.45) is 4.04. The molecule has 1 amide bonds. The summed E-state index contributed by atoms with van der Waals surface area (Å²) in [5.74, 6) is -0.184. The zero-order valence-electron chi connectivity index (χ0n) is 17.8. The number of amides is 1. The van der Waals surface area contributed by atoms with E-state index in [2.05, 4.69) is 36.6 Å². The Morgan fingerprint density at radius 2 is 1.77 bits per heavy atom. The van der Waals surface area contributed by atoms with E-state index in [4.69, 9.17) is 28.3 Å². The molecule has 1 N–H and O–H groups in total. The lowest BCUT2D eigenvalue weighted by Crippen LogP contribution is -2.45. The van der Waals surface area contributed by atoms with Crippen LogP contribution in [0.2, 0.25) is 10.0 Å². The highest BCUT2D eigenvalue weighted by molar-refractivity contribution is 6.35. The Labute approximate surface area is 192 Å². The van der Waals surface area contributed by atoms with Crippen molar-refractivity contribution in [3.05, 3.63) is 69.3 Å².